The molecule has 1 aliphatic carbocycles. The van der Waals surface area contributed by atoms with E-state index in [2.05, 4.69) is 17.4 Å². The number of rotatable bonds is 0. The van der Waals surface area contributed by atoms with Gasteiger partial charge in [-0.25, -0.2) is 0 Å². The Morgan fingerprint density at radius 3 is 2.45 bits per heavy atom. The third-order valence-electron chi connectivity index (χ3n) is 3.02. The summed E-state index contributed by atoms with van der Waals surface area (Å²) in [5.74, 6) is 0. The molecule has 2 aliphatic rings. The molecule has 1 radical (unpaired) electrons. The van der Waals surface area contributed by atoms with Crippen molar-refractivity contribution in [2.75, 3.05) is 0 Å². The Hall–Kier alpha value is -0.0800. The number of hydrazine groups is 1. The van der Waals surface area contributed by atoms with Gasteiger partial charge in [0.1, 0.15) is 0 Å². The molecule has 2 N–H and O–H groups in total. The minimum absolute atomic E-state index is 0.465. The van der Waals surface area contributed by atoms with Gasteiger partial charge in [0.05, 0.1) is 0 Å². The second kappa shape index (κ2) is 3.11. The van der Waals surface area contributed by atoms with Crippen LogP contribution in [-0.4, -0.2) is 5.54 Å². The van der Waals surface area contributed by atoms with Crippen molar-refractivity contribution in [3.05, 3.63) is 6.54 Å². The third-order valence-corrected chi connectivity index (χ3v) is 3.02. The van der Waals surface area contributed by atoms with Gasteiger partial charge < -0.3 is 0 Å². The Balaban J connectivity index is 1.94. The minimum Gasteiger partial charge on any atom is -0.253 e. The van der Waals surface area contributed by atoms with Gasteiger partial charge in [0.2, 0.25) is 0 Å². The molecular formula is C9H17N2. The van der Waals surface area contributed by atoms with Crippen LogP contribution in [0.3, 0.4) is 0 Å². The summed E-state index contributed by atoms with van der Waals surface area (Å²) in [6.07, 6.45) is 9.56. The summed E-state index contributed by atoms with van der Waals surface area (Å²) in [5.41, 5.74) is 7.06. The summed E-state index contributed by atoms with van der Waals surface area (Å²) in [5, 5.41) is 0. The van der Waals surface area contributed by atoms with E-state index in [1.165, 1.54) is 44.9 Å². The number of hydrogen-bond donors (Lipinski definition) is 2. The zero-order valence-electron chi connectivity index (χ0n) is 7.03. The summed E-state index contributed by atoms with van der Waals surface area (Å²) in [4.78, 5) is 0. The molecular weight excluding hydrogens is 136 g/mol. The highest BCUT2D eigenvalue weighted by Gasteiger charge is 2.32. The fourth-order valence-corrected chi connectivity index (χ4v) is 2.29. The SMILES string of the molecule is [CH]1CCC2(CCCCC2)NN1. The van der Waals surface area contributed by atoms with Gasteiger partial charge in [0.15, 0.2) is 0 Å². The molecule has 2 heteroatoms. The molecule has 0 bridgehead atoms. The van der Waals surface area contributed by atoms with E-state index in [0.29, 0.717) is 5.54 Å². The molecule has 2 nitrogen and oxygen atoms in total. The highest BCUT2D eigenvalue weighted by Crippen LogP contribution is 2.33. The van der Waals surface area contributed by atoms with Crippen molar-refractivity contribution in [3.8, 4) is 0 Å². The van der Waals surface area contributed by atoms with E-state index in [0.717, 1.165) is 0 Å². The molecule has 1 saturated heterocycles. The summed E-state index contributed by atoms with van der Waals surface area (Å²) < 4.78 is 0. The molecule has 63 valence electrons. The molecule has 1 saturated carbocycles. The topological polar surface area (TPSA) is 24.1 Å². The van der Waals surface area contributed by atoms with E-state index in [1.54, 1.807) is 0 Å². The van der Waals surface area contributed by atoms with E-state index in [4.69, 9.17) is 0 Å². The van der Waals surface area contributed by atoms with Crippen LogP contribution in [0.2, 0.25) is 0 Å². The van der Waals surface area contributed by atoms with Crippen LogP contribution in [0, 0.1) is 6.54 Å². The molecule has 2 fully saturated rings. The maximum Gasteiger partial charge on any atom is 0.0380 e. The molecule has 0 aromatic carbocycles. The second-order valence-electron chi connectivity index (χ2n) is 3.85. The van der Waals surface area contributed by atoms with Crippen molar-refractivity contribution in [1.82, 2.24) is 10.9 Å². The fourth-order valence-electron chi connectivity index (χ4n) is 2.29. The van der Waals surface area contributed by atoms with Crippen LogP contribution < -0.4 is 10.9 Å². The van der Waals surface area contributed by atoms with Crippen LogP contribution in [-0.2, 0) is 0 Å². The van der Waals surface area contributed by atoms with Crippen molar-refractivity contribution >= 4 is 0 Å². The van der Waals surface area contributed by atoms with Crippen molar-refractivity contribution < 1.29 is 0 Å². The monoisotopic (exact) mass is 153 g/mol. The van der Waals surface area contributed by atoms with Crippen molar-refractivity contribution in [3.63, 3.8) is 0 Å². The van der Waals surface area contributed by atoms with Gasteiger partial charge in [0, 0.05) is 12.1 Å². The quantitative estimate of drug-likeness (QED) is 0.554. The van der Waals surface area contributed by atoms with Crippen molar-refractivity contribution in [2.24, 2.45) is 0 Å². The first kappa shape index (κ1) is 7.56. The summed E-state index contributed by atoms with van der Waals surface area (Å²) in [7, 11) is 0. The van der Waals surface area contributed by atoms with Gasteiger partial charge in [-0.1, -0.05) is 19.3 Å². The lowest BCUT2D eigenvalue weighted by Crippen LogP contribution is -2.55. The Morgan fingerprint density at radius 2 is 1.82 bits per heavy atom. The van der Waals surface area contributed by atoms with E-state index < -0.39 is 0 Å². The van der Waals surface area contributed by atoms with Crippen LogP contribution in [0.25, 0.3) is 0 Å². The highest BCUT2D eigenvalue weighted by molar-refractivity contribution is 4.93. The standard InChI is InChI=1S/C9H17N2/c1-2-5-9(6-3-1)7-4-8-10-11-9/h8,10-11H,1-7H2. The molecule has 0 aromatic heterocycles. The molecule has 0 amide bonds. The summed E-state index contributed by atoms with van der Waals surface area (Å²) >= 11 is 0. The Morgan fingerprint density at radius 1 is 1.00 bits per heavy atom. The van der Waals surface area contributed by atoms with Crippen LogP contribution in [0.4, 0.5) is 0 Å². The first-order valence-corrected chi connectivity index (χ1v) is 4.76. The van der Waals surface area contributed by atoms with Gasteiger partial charge in [-0.15, -0.1) is 0 Å². The third kappa shape index (κ3) is 1.57. The maximum atomic E-state index is 3.43. The molecule has 2 rings (SSSR count). The largest absolute Gasteiger partial charge is 0.253 e. The van der Waals surface area contributed by atoms with E-state index >= 15 is 0 Å². The Labute approximate surface area is 68.7 Å². The van der Waals surface area contributed by atoms with E-state index in [1.807, 2.05) is 0 Å². The first-order valence-electron chi connectivity index (χ1n) is 4.76. The predicted octanol–water partition coefficient (Wildman–Crippen LogP) is 1.74. The molecule has 11 heavy (non-hydrogen) atoms. The first-order chi connectivity index (χ1) is 5.41. The number of nitrogens with one attached hydrogen (secondary N) is 2. The van der Waals surface area contributed by atoms with Gasteiger partial charge in [-0.2, -0.15) is 0 Å². The molecule has 1 aliphatic heterocycles. The lowest BCUT2D eigenvalue weighted by molar-refractivity contribution is 0.171. The maximum absolute atomic E-state index is 3.43. The van der Waals surface area contributed by atoms with Crippen LogP contribution >= 0.6 is 0 Å². The zero-order chi connectivity index (χ0) is 7.57. The molecule has 0 unspecified atom stereocenters. The molecule has 0 aromatic rings. The van der Waals surface area contributed by atoms with E-state index in [9.17, 15) is 0 Å². The molecule has 1 spiro atoms. The molecule has 0 atom stereocenters. The summed E-state index contributed by atoms with van der Waals surface area (Å²) in [6.45, 7) is 2.12. The highest BCUT2D eigenvalue weighted by atomic mass is 15.4. The van der Waals surface area contributed by atoms with Crippen LogP contribution in [0.5, 0.6) is 0 Å². The van der Waals surface area contributed by atoms with Crippen LogP contribution in [0.1, 0.15) is 44.9 Å². The lowest BCUT2D eigenvalue weighted by Gasteiger charge is -2.41. The Bertz CT molecular complexity index is 102. The summed E-state index contributed by atoms with van der Waals surface area (Å²) in [6, 6.07) is 0. The number of hydrogen-bond acceptors (Lipinski definition) is 2. The van der Waals surface area contributed by atoms with Gasteiger partial charge in [-0.3, -0.25) is 10.9 Å². The zero-order valence-corrected chi connectivity index (χ0v) is 7.03. The molecule has 1 heterocycles. The fraction of sp³-hybridized carbons (Fsp3) is 0.889. The van der Waals surface area contributed by atoms with Gasteiger partial charge >= 0.3 is 0 Å². The van der Waals surface area contributed by atoms with Crippen molar-refractivity contribution in [1.29, 1.82) is 0 Å². The van der Waals surface area contributed by atoms with Gasteiger partial charge in [0.25, 0.3) is 0 Å². The smallest absolute Gasteiger partial charge is 0.0380 e. The second-order valence-corrected chi connectivity index (χ2v) is 3.85. The normalized spacial score (nSPS) is 30.5. The predicted molar refractivity (Wildman–Crippen MR) is 45.6 cm³/mol. The van der Waals surface area contributed by atoms with E-state index in [-0.39, 0.29) is 0 Å². The van der Waals surface area contributed by atoms with Crippen molar-refractivity contribution in [2.45, 2.75) is 50.5 Å². The average molecular weight is 153 g/mol. The lowest BCUT2D eigenvalue weighted by atomic mass is 9.78. The Kier molecular flexibility index (Phi) is 2.14. The van der Waals surface area contributed by atoms with Crippen LogP contribution in [0.15, 0.2) is 0 Å². The van der Waals surface area contributed by atoms with Gasteiger partial charge in [-0.05, 0) is 25.7 Å². The average Bonchev–Trinajstić information content (AvgIpc) is 2.07. The minimum atomic E-state index is 0.465.